The van der Waals surface area contributed by atoms with Gasteiger partial charge in [-0.2, -0.15) is 0 Å². The van der Waals surface area contributed by atoms with E-state index in [2.05, 4.69) is 0 Å². The van der Waals surface area contributed by atoms with Crippen LogP contribution in [0.1, 0.15) is 17.0 Å². The summed E-state index contributed by atoms with van der Waals surface area (Å²) >= 11 is 0.906. The van der Waals surface area contributed by atoms with E-state index in [-0.39, 0.29) is 30.0 Å². The largest absolute Gasteiger partial charge is 0.492 e. The molecule has 1 saturated heterocycles. The molecule has 168 valence electrons. The number of benzene rings is 2. The predicted molar refractivity (Wildman–Crippen MR) is 127 cm³/mol. The van der Waals surface area contributed by atoms with Crippen molar-refractivity contribution >= 4 is 34.7 Å². The third-order valence-corrected chi connectivity index (χ3v) is 6.18. The van der Waals surface area contributed by atoms with Crippen LogP contribution in [0, 0.1) is 24.0 Å². The Bertz CT molecular complexity index is 1250. The van der Waals surface area contributed by atoms with E-state index in [1.807, 2.05) is 54.8 Å². The highest BCUT2D eigenvalue weighted by atomic mass is 32.2. The fourth-order valence-corrected chi connectivity index (χ4v) is 4.52. The highest BCUT2D eigenvalue weighted by molar-refractivity contribution is 8.18. The number of thioether (sulfide) groups is 1. The molecule has 0 unspecified atom stereocenters. The number of amides is 2. The van der Waals surface area contributed by atoms with E-state index in [1.165, 1.54) is 17.0 Å². The Morgan fingerprint density at radius 3 is 2.42 bits per heavy atom. The lowest BCUT2D eigenvalue weighted by Gasteiger charge is -2.13. The Morgan fingerprint density at radius 1 is 1.06 bits per heavy atom. The van der Waals surface area contributed by atoms with E-state index < -0.39 is 4.92 Å². The third-order valence-electron chi connectivity index (χ3n) is 5.28. The second kappa shape index (κ2) is 9.33. The van der Waals surface area contributed by atoms with Gasteiger partial charge in [-0.15, -0.1) is 0 Å². The average molecular weight is 464 g/mol. The molecule has 3 aromatic rings. The minimum atomic E-state index is -0.439. The van der Waals surface area contributed by atoms with Crippen LogP contribution < -0.4 is 4.74 Å². The summed E-state index contributed by atoms with van der Waals surface area (Å²) in [6.45, 7) is 4.19. The van der Waals surface area contributed by atoms with Crippen LogP contribution in [-0.4, -0.2) is 38.7 Å². The Hall–Kier alpha value is -3.85. The molecule has 33 heavy (non-hydrogen) atoms. The van der Waals surface area contributed by atoms with Crippen LogP contribution in [0.15, 0.2) is 65.6 Å². The van der Waals surface area contributed by atoms with E-state index in [9.17, 15) is 19.7 Å². The summed E-state index contributed by atoms with van der Waals surface area (Å²) in [5.41, 5.74) is 3.37. The van der Waals surface area contributed by atoms with E-state index in [1.54, 1.807) is 18.2 Å². The summed E-state index contributed by atoms with van der Waals surface area (Å²) in [7, 11) is 0. The zero-order valence-electron chi connectivity index (χ0n) is 18.1. The summed E-state index contributed by atoms with van der Waals surface area (Å²) in [5, 5.41) is 10.6. The monoisotopic (exact) mass is 463 g/mol. The standard InChI is InChI=1S/C24H21N3O5S/c1-16-14-18(17(2)26(16)19-8-10-20(11-9-19)27(30)31)15-22-23(28)25(24(29)33-22)12-13-32-21-6-4-3-5-7-21/h3-11,14-15H,12-13H2,1-2H3/b22-15-. The van der Waals surface area contributed by atoms with Crippen molar-refractivity contribution in [1.82, 2.24) is 9.47 Å². The van der Waals surface area contributed by atoms with Crippen molar-refractivity contribution < 1.29 is 19.2 Å². The normalized spacial score (nSPS) is 14.8. The van der Waals surface area contributed by atoms with Crippen molar-refractivity contribution in [1.29, 1.82) is 0 Å². The van der Waals surface area contributed by atoms with Gasteiger partial charge in [-0.25, -0.2) is 0 Å². The Labute approximate surface area is 194 Å². The third kappa shape index (κ3) is 4.68. The first-order valence-corrected chi connectivity index (χ1v) is 11.0. The maximum Gasteiger partial charge on any atom is 0.293 e. The highest BCUT2D eigenvalue weighted by Crippen LogP contribution is 2.33. The van der Waals surface area contributed by atoms with Crippen molar-refractivity contribution in [3.63, 3.8) is 0 Å². The van der Waals surface area contributed by atoms with E-state index in [0.717, 1.165) is 34.4 Å². The lowest BCUT2D eigenvalue weighted by Crippen LogP contribution is -2.32. The van der Waals surface area contributed by atoms with Gasteiger partial charge in [0.1, 0.15) is 12.4 Å². The van der Waals surface area contributed by atoms with Gasteiger partial charge in [-0.1, -0.05) is 18.2 Å². The number of hydrogen-bond donors (Lipinski definition) is 0. The molecule has 0 radical (unpaired) electrons. The van der Waals surface area contributed by atoms with Gasteiger partial charge in [-0.05, 0) is 67.6 Å². The first-order valence-electron chi connectivity index (χ1n) is 10.2. The summed E-state index contributed by atoms with van der Waals surface area (Å²) < 4.78 is 7.56. The smallest absolute Gasteiger partial charge is 0.293 e. The number of nitrogens with zero attached hydrogens (tertiary/aromatic N) is 3. The van der Waals surface area contributed by atoms with Gasteiger partial charge in [0.25, 0.3) is 16.8 Å². The van der Waals surface area contributed by atoms with Gasteiger partial charge in [-0.3, -0.25) is 24.6 Å². The van der Waals surface area contributed by atoms with Crippen LogP contribution in [0.4, 0.5) is 10.5 Å². The topological polar surface area (TPSA) is 94.7 Å². The summed E-state index contributed by atoms with van der Waals surface area (Å²) in [6.07, 6.45) is 1.72. The maximum absolute atomic E-state index is 12.8. The molecule has 4 rings (SSSR count). The Balaban J connectivity index is 1.50. The SMILES string of the molecule is Cc1cc(/C=C2\SC(=O)N(CCOc3ccccc3)C2=O)c(C)n1-c1ccc([N+](=O)[O-])cc1. The summed E-state index contributed by atoms with van der Waals surface area (Å²) in [4.78, 5) is 37.3. The number of nitro groups is 1. The molecular weight excluding hydrogens is 442 g/mol. The zero-order valence-corrected chi connectivity index (χ0v) is 18.9. The van der Waals surface area contributed by atoms with E-state index in [0.29, 0.717) is 10.7 Å². The number of hydrogen-bond acceptors (Lipinski definition) is 6. The van der Waals surface area contributed by atoms with Gasteiger partial charge in [0.15, 0.2) is 0 Å². The fraction of sp³-hybridized carbons (Fsp3) is 0.167. The number of carbonyl (C=O) groups is 2. The van der Waals surface area contributed by atoms with Crippen molar-refractivity contribution in [3.05, 3.63) is 92.6 Å². The van der Waals surface area contributed by atoms with Gasteiger partial charge in [0, 0.05) is 29.2 Å². The number of para-hydroxylation sites is 1. The molecule has 8 nitrogen and oxygen atoms in total. The van der Waals surface area contributed by atoms with E-state index >= 15 is 0 Å². The first kappa shape index (κ1) is 22.3. The number of carbonyl (C=O) groups excluding carboxylic acids is 2. The highest BCUT2D eigenvalue weighted by Gasteiger charge is 2.35. The number of aromatic nitrogens is 1. The average Bonchev–Trinajstić information content (AvgIpc) is 3.23. The Kier molecular flexibility index (Phi) is 6.32. The minimum Gasteiger partial charge on any atom is -0.492 e. The quantitative estimate of drug-likeness (QED) is 0.274. The molecule has 9 heteroatoms. The number of aryl methyl sites for hydroxylation is 1. The number of non-ortho nitro benzene ring substituents is 1. The first-order chi connectivity index (χ1) is 15.8. The van der Waals surface area contributed by atoms with Gasteiger partial charge < -0.3 is 9.30 Å². The van der Waals surface area contributed by atoms with Gasteiger partial charge in [0.05, 0.1) is 16.4 Å². The molecular formula is C24H21N3O5S. The molecule has 0 spiro atoms. The minimum absolute atomic E-state index is 0.0198. The lowest BCUT2D eigenvalue weighted by molar-refractivity contribution is -0.384. The number of rotatable bonds is 7. The molecule has 2 heterocycles. The molecule has 0 aliphatic carbocycles. The van der Waals surface area contributed by atoms with Crippen LogP contribution in [0.5, 0.6) is 5.75 Å². The van der Waals surface area contributed by atoms with Crippen molar-refractivity contribution in [3.8, 4) is 11.4 Å². The number of ether oxygens (including phenoxy) is 1. The number of imide groups is 1. The molecule has 0 bridgehead atoms. The fourth-order valence-electron chi connectivity index (χ4n) is 3.66. The lowest BCUT2D eigenvalue weighted by atomic mass is 10.2. The molecule has 1 aliphatic rings. The second-order valence-electron chi connectivity index (χ2n) is 7.43. The number of nitro benzene ring substituents is 1. The Morgan fingerprint density at radius 2 is 1.76 bits per heavy atom. The van der Waals surface area contributed by atoms with E-state index in [4.69, 9.17) is 4.74 Å². The van der Waals surface area contributed by atoms with Crippen LogP contribution in [0.3, 0.4) is 0 Å². The molecule has 1 aromatic heterocycles. The molecule has 1 aliphatic heterocycles. The summed E-state index contributed by atoms with van der Waals surface area (Å²) in [5.74, 6) is 0.334. The predicted octanol–water partition coefficient (Wildman–Crippen LogP) is 5.12. The molecule has 1 fully saturated rings. The maximum atomic E-state index is 12.8. The van der Waals surface area contributed by atoms with Crippen molar-refractivity contribution in [2.24, 2.45) is 0 Å². The molecule has 2 aromatic carbocycles. The molecule has 0 atom stereocenters. The van der Waals surface area contributed by atoms with Crippen LogP contribution in [0.2, 0.25) is 0 Å². The van der Waals surface area contributed by atoms with Gasteiger partial charge in [0.2, 0.25) is 0 Å². The second-order valence-corrected chi connectivity index (χ2v) is 8.42. The zero-order chi connectivity index (χ0) is 23.5. The van der Waals surface area contributed by atoms with Crippen molar-refractivity contribution in [2.45, 2.75) is 13.8 Å². The molecule has 0 saturated carbocycles. The molecule has 2 amide bonds. The van der Waals surface area contributed by atoms with Crippen molar-refractivity contribution in [2.75, 3.05) is 13.2 Å². The van der Waals surface area contributed by atoms with Gasteiger partial charge >= 0.3 is 0 Å². The summed E-state index contributed by atoms with van der Waals surface area (Å²) in [6, 6.07) is 17.4. The van der Waals surface area contributed by atoms with Crippen LogP contribution in [0.25, 0.3) is 11.8 Å². The molecule has 0 N–H and O–H groups in total. The van der Waals surface area contributed by atoms with Crippen LogP contribution in [-0.2, 0) is 4.79 Å². The van der Waals surface area contributed by atoms with Crippen LogP contribution >= 0.6 is 11.8 Å².